The van der Waals surface area contributed by atoms with E-state index in [1.165, 1.54) is 13.2 Å². The van der Waals surface area contributed by atoms with E-state index in [0.29, 0.717) is 12.2 Å². The average molecular weight is 260 g/mol. The SMILES string of the molecule is COc1ccc(Cn2cccc2C=O)cc1[N+](=O)[O-]. The Hall–Kier alpha value is -2.63. The van der Waals surface area contributed by atoms with E-state index >= 15 is 0 Å². The van der Waals surface area contributed by atoms with Gasteiger partial charge in [0.1, 0.15) is 0 Å². The van der Waals surface area contributed by atoms with Gasteiger partial charge in [-0.15, -0.1) is 0 Å². The highest BCUT2D eigenvalue weighted by atomic mass is 16.6. The minimum absolute atomic E-state index is 0.0835. The first-order chi connectivity index (χ1) is 9.15. The normalized spacial score (nSPS) is 10.2. The number of rotatable bonds is 5. The minimum Gasteiger partial charge on any atom is -0.490 e. The van der Waals surface area contributed by atoms with E-state index in [9.17, 15) is 14.9 Å². The molecule has 0 saturated heterocycles. The summed E-state index contributed by atoms with van der Waals surface area (Å²) in [6.07, 6.45) is 2.50. The standard InChI is InChI=1S/C13H12N2O4/c1-19-13-5-4-10(7-12(13)15(17)18)8-14-6-2-3-11(14)9-16/h2-7,9H,8H2,1H3. The number of aldehydes is 1. The second kappa shape index (κ2) is 5.34. The summed E-state index contributed by atoms with van der Waals surface area (Å²) in [5.74, 6) is 0.219. The van der Waals surface area contributed by atoms with Gasteiger partial charge < -0.3 is 9.30 Å². The Labute approximate surface area is 109 Å². The molecular formula is C13H12N2O4. The fourth-order valence-electron chi connectivity index (χ4n) is 1.85. The molecule has 0 unspecified atom stereocenters. The van der Waals surface area contributed by atoms with Crippen LogP contribution in [0.25, 0.3) is 0 Å². The lowest BCUT2D eigenvalue weighted by atomic mass is 10.2. The number of carbonyl (C=O) groups excluding carboxylic acids is 1. The molecule has 0 saturated carbocycles. The molecule has 6 nitrogen and oxygen atoms in total. The van der Waals surface area contributed by atoms with Crippen molar-refractivity contribution in [3.05, 3.63) is 57.9 Å². The number of nitro benzene ring substituents is 1. The zero-order valence-corrected chi connectivity index (χ0v) is 10.3. The molecule has 0 aliphatic rings. The van der Waals surface area contributed by atoms with E-state index in [4.69, 9.17) is 4.74 Å². The number of hydrogen-bond acceptors (Lipinski definition) is 4. The molecule has 0 N–H and O–H groups in total. The molecule has 6 heteroatoms. The van der Waals surface area contributed by atoms with Gasteiger partial charge in [0.2, 0.25) is 0 Å². The summed E-state index contributed by atoms with van der Waals surface area (Å²) in [5.41, 5.74) is 1.17. The average Bonchev–Trinajstić information content (AvgIpc) is 2.85. The Balaban J connectivity index is 2.34. The van der Waals surface area contributed by atoms with Gasteiger partial charge in [0, 0.05) is 18.8 Å². The Morgan fingerprint density at radius 1 is 1.42 bits per heavy atom. The Morgan fingerprint density at radius 2 is 2.21 bits per heavy atom. The van der Waals surface area contributed by atoms with Crippen molar-refractivity contribution in [2.24, 2.45) is 0 Å². The molecule has 0 radical (unpaired) electrons. The topological polar surface area (TPSA) is 74.4 Å². The van der Waals surface area contributed by atoms with Crippen molar-refractivity contribution in [1.82, 2.24) is 4.57 Å². The van der Waals surface area contributed by atoms with Gasteiger partial charge >= 0.3 is 5.69 Å². The van der Waals surface area contributed by atoms with E-state index in [2.05, 4.69) is 0 Å². The first-order valence-corrected chi connectivity index (χ1v) is 5.57. The number of nitro groups is 1. The number of carbonyl (C=O) groups is 1. The van der Waals surface area contributed by atoms with Crippen LogP contribution < -0.4 is 4.74 Å². The molecular weight excluding hydrogens is 248 g/mol. The van der Waals surface area contributed by atoms with Crippen LogP contribution in [0.5, 0.6) is 5.75 Å². The van der Waals surface area contributed by atoms with Crippen LogP contribution in [0.2, 0.25) is 0 Å². The Bertz CT molecular complexity index is 619. The maximum atomic E-state index is 10.9. The zero-order valence-electron chi connectivity index (χ0n) is 10.3. The van der Waals surface area contributed by atoms with Crippen molar-refractivity contribution < 1.29 is 14.5 Å². The third-order valence-electron chi connectivity index (χ3n) is 2.78. The van der Waals surface area contributed by atoms with Crippen molar-refractivity contribution in [3.63, 3.8) is 0 Å². The molecule has 0 fully saturated rings. The zero-order chi connectivity index (χ0) is 13.8. The minimum atomic E-state index is -0.487. The van der Waals surface area contributed by atoms with E-state index < -0.39 is 4.92 Å². The van der Waals surface area contributed by atoms with E-state index in [0.717, 1.165) is 11.8 Å². The molecule has 0 amide bonds. The molecule has 2 rings (SSSR count). The third-order valence-corrected chi connectivity index (χ3v) is 2.78. The van der Waals surface area contributed by atoms with Gasteiger partial charge in [-0.25, -0.2) is 0 Å². The number of nitrogens with zero attached hydrogens (tertiary/aromatic N) is 2. The van der Waals surface area contributed by atoms with Gasteiger partial charge in [0.05, 0.1) is 17.7 Å². The van der Waals surface area contributed by atoms with Crippen molar-refractivity contribution in [3.8, 4) is 5.75 Å². The van der Waals surface area contributed by atoms with Gasteiger partial charge in [-0.3, -0.25) is 14.9 Å². The predicted molar refractivity (Wildman–Crippen MR) is 68.6 cm³/mol. The Morgan fingerprint density at radius 3 is 2.84 bits per heavy atom. The van der Waals surface area contributed by atoms with E-state index in [-0.39, 0.29) is 11.4 Å². The van der Waals surface area contributed by atoms with Crippen LogP contribution in [0, 0.1) is 10.1 Å². The number of ether oxygens (including phenoxy) is 1. The van der Waals surface area contributed by atoms with Crippen molar-refractivity contribution in [2.45, 2.75) is 6.54 Å². The van der Waals surface area contributed by atoms with Crippen LogP contribution in [0.1, 0.15) is 16.1 Å². The molecule has 98 valence electrons. The van der Waals surface area contributed by atoms with E-state index in [1.807, 2.05) is 0 Å². The summed E-state index contributed by atoms with van der Waals surface area (Å²) in [4.78, 5) is 21.2. The summed E-state index contributed by atoms with van der Waals surface area (Å²) in [6.45, 7) is 0.395. The van der Waals surface area contributed by atoms with Crippen LogP contribution in [0.3, 0.4) is 0 Å². The summed E-state index contributed by atoms with van der Waals surface area (Å²) >= 11 is 0. The summed E-state index contributed by atoms with van der Waals surface area (Å²) in [5, 5.41) is 10.9. The van der Waals surface area contributed by atoms with Gasteiger partial charge in [-0.05, 0) is 23.8 Å². The van der Waals surface area contributed by atoms with Crippen molar-refractivity contribution in [2.75, 3.05) is 7.11 Å². The monoisotopic (exact) mass is 260 g/mol. The lowest BCUT2D eigenvalue weighted by molar-refractivity contribution is -0.385. The molecule has 0 aliphatic heterocycles. The number of aromatic nitrogens is 1. The fourth-order valence-corrected chi connectivity index (χ4v) is 1.85. The highest BCUT2D eigenvalue weighted by Crippen LogP contribution is 2.27. The van der Waals surface area contributed by atoms with Gasteiger partial charge in [0.25, 0.3) is 0 Å². The third kappa shape index (κ3) is 2.62. The number of hydrogen-bond donors (Lipinski definition) is 0. The maximum absolute atomic E-state index is 10.9. The van der Waals surface area contributed by atoms with Crippen LogP contribution in [-0.2, 0) is 6.54 Å². The van der Waals surface area contributed by atoms with Crippen LogP contribution in [-0.4, -0.2) is 22.9 Å². The van der Waals surface area contributed by atoms with Gasteiger partial charge in [0.15, 0.2) is 12.0 Å². The van der Waals surface area contributed by atoms with Crippen LogP contribution in [0.15, 0.2) is 36.5 Å². The largest absolute Gasteiger partial charge is 0.490 e. The molecule has 0 atom stereocenters. The number of methoxy groups -OCH3 is 1. The summed E-state index contributed by atoms with van der Waals surface area (Å²) < 4.78 is 6.66. The number of benzene rings is 1. The van der Waals surface area contributed by atoms with Gasteiger partial charge in [-0.1, -0.05) is 6.07 Å². The van der Waals surface area contributed by atoms with Crippen molar-refractivity contribution in [1.29, 1.82) is 0 Å². The second-order valence-electron chi connectivity index (χ2n) is 3.94. The summed E-state index contributed by atoms with van der Waals surface area (Å²) in [6, 6.07) is 8.18. The molecule has 2 aromatic rings. The highest BCUT2D eigenvalue weighted by Gasteiger charge is 2.15. The fraction of sp³-hybridized carbons (Fsp3) is 0.154. The van der Waals surface area contributed by atoms with Crippen LogP contribution in [0.4, 0.5) is 5.69 Å². The van der Waals surface area contributed by atoms with E-state index in [1.54, 1.807) is 35.0 Å². The summed E-state index contributed by atoms with van der Waals surface area (Å²) in [7, 11) is 1.39. The smallest absolute Gasteiger partial charge is 0.311 e. The first kappa shape index (κ1) is 12.8. The molecule has 0 bridgehead atoms. The molecule has 19 heavy (non-hydrogen) atoms. The molecule has 0 aliphatic carbocycles. The molecule has 1 heterocycles. The lowest BCUT2D eigenvalue weighted by Crippen LogP contribution is -2.03. The lowest BCUT2D eigenvalue weighted by Gasteiger charge is -2.07. The quantitative estimate of drug-likeness (QED) is 0.469. The first-order valence-electron chi connectivity index (χ1n) is 5.57. The highest BCUT2D eigenvalue weighted by molar-refractivity contribution is 5.72. The van der Waals surface area contributed by atoms with Gasteiger partial charge in [-0.2, -0.15) is 0 Å². The second-order valence-corrected chi connectivity index (χ2v) is 3.94. The predicted octanol–water partition coefficient (Wildman–Crippen LogP) is 2.27. The van der Waals surface area contributed by atoms with Crippen LogP contribution >= 0.6 is 0 Å². The van der Waals surface area contributed by atoms with Crippen molar-refractivity contribution >= 4 is 12.0 Å². The molecule has 1 aromatic heterocycles. The maximum Gasteiger partial charge on any atom is 0.311 e. The Kier molecular flexibility index (Phi) is 3.61. The molecule has 0 spiro atoms. The molecule has 1 aromatic carbocycles.